The second-order valence-electron chi connectivity index (χ2n) is 5.75. The highest BCUT2D eigenvalue weighted by Crippen LogP contribution is 2.35. The monoisotopic (exact) mass is 250 g/mol. The Balaban J connectivity index is 2.02. The van der Waals surface area contributed by atoms with Gasteiger partial charge >= 0.3 is 5.97 Å². The molecule has 0 saturated heterocycles. The maximum absolute atomic E-state index is 11.9. The molecule has 3 nitrogen and oxygen atoms in total. The minimum absolute atomic E-state index is 0.0337. The van der Waals surface area contributed by atoms with E-state index in [1.54, 1.807) is 12.1 Å². The van der Waals surface area contributed by atoms with Gasteiger partial charge in [0.15, 0.2) is 0 Å². The molecule has 1 aliphatic carbocycles. The highest BCUT2D eigenvalue weighted by Gasteiger charge is 2.33. The predicted molar refractivity (Wildman–Crippen MR) is 69.3 cm³/mol. The Morgan fingerprint density at radius 3 is 2.83 bits per heavy atom. The average molecular weight is 250 g/mol. The summed E-state index contributed by atoms with van der Waals surface area (Å²) in [5, 5.41) is 0. The first-order valence-corrected chi connectivity index (χ1v) is 6.82. The van der Waals surface area contributed by atoms with Gasteiger partial charge in [-0.25, -0.2) is 4.79 Å². The molecule has 0 radical (unpaired) electrons. The fraction of sp³-hybridized carbons (Fsp3) is 0.667. The van der Waals surface area contributed by atoms with Gasteiger partial charge in [-0.3, -0.25) is 0 Å². The van der Waals surface area contributed by atoms with Crippen LogP contribution in [-0.4, -0.2) is 12.1 Å². The number of hydrogen-bond acceptors (Lipinski definition) is 3. The third kappa shape index (κ3) is 2.95. The van der Waals surface area contributed by atoms with Gasteiger partial charge in [0.2, 0.25) is 5.76 Å². The van der Waals surface area contributed by atoms with Gasteiger partial charge in [-0.15, -0.1) is 0 Å². The van der Waals surface area contributed by atoms with Gasteiger partial charge in [0.25, 0.3) is 0 Å². The lowest BCUT2D eigenvalue weighted by molar-refractivity contribution is -0.0198. The highest BCUT2D eigenvalue weighted by molar-refractivity contribution is 5.86. The molecular weight excluding hydrogens is 228 g/mol. The molecule has 0 aliphatic heterocycles. The Labute approximate surface area is 109 Å². The Morgan fingerprint density at radius 1 is 1.44 bits per heavy atom. The zero-order valence-electron chi connectivity index (χ0n) is 11.4. The first kappa shape index (κ1) is 13.2. The number of hydrogen-bond donors (Lipinski definition) is 0. The van der Waals surface area contributed by atoms with Crippen LogP contribution in [0.3, 0.4) is 0 Å². The van der Waals surface area contributed by atoms with E-state index in [4.69, 9.17) is 9.15 Å². The minimum Gasteiger partial charge on any atom is -0.457 e. The molecule has 2 rings (SSSR count). The quantitative estimate of drug-likeness (QED) is 0.764. The summed E-state index contributed by atoms with van der Waals surface area (Å²) in [6.07, 6.45) is 4.88. The summed E-state index contributed by atoms with van der Waals surface area (Å²) in [5.74, 6) is 1.63. The lowest BCUT2D eigenvalue weighted by Gasteiger charge is -2.36. The second-order valence-corrected chi connectivity index (χ2v) is 5.75. The van der Waals surface area contributed by atoms with Gasteiger partial charge in [-0.2, -0.15) is 0 Å². The Morgan fingerprint density at radius 2 is 2.22 bits per heavy atom. The van der Waals surface area contributed by atoms with Crippen LogP contribution >= 0.6 is 0 Å². The summed E-state index contributed by atoms with van der Waals surface area (Å²) < 4.78 is 10.7. The second kappa shape index (κ2) is 5.59. The highest BCUT2D eigenvalue weighted by atomic mass is 16.6. The van der Waals surface area contributed by atoms with E-state index in [1.807, 2.05) is 0 Å². The van der Waals surface area contributed by atoms with Crippen LogP contribution in [0, 0.1) is 17.8 Å². The van der Waals surface area contributed by atoms with Crippen LogP contribution in [0.4, 0.5) is 0 Å². The average Bonchev–Trinajstić information content (AvgIpc) is 2.81. The molecule has 18 heavy (non-hydrogen) atoms. The van der Waals surface area contributed by atoms with Crippen LogP contribution in [-0.2, 0) is 4.74 Å². The van der Waals surface area contributed by atoms with Gasteiger partial charge in [0, 0.05) is 0 Å². The molecule has 0 spiro atoms. The van der Waals surface area contributed by atoms with Crippen molar-refractivity contribution in [3.63, 3.8) is 0 Å². The zero-order chi connectivity index (χ0) is 13.1. The van der Waals surface area contributed by atoms with Crippen molar-refractivity contribution in [2.24, 2.45) is 17.8 Å². The van der Waals surface area contributed by atoms with Crippen LogP contribution in [0.5, 0.6) is 0 Å². The van der Waals surface area contributed by atoms with Crippen molar-refractivity contribution in [3.8, 4) is 0 Å². The van der Waals surface area contributed by atoms with E-state index in [0.29, 0.717) is 23.5 Å². The van der Waals surface area contributed by atoms with Crippen molar-refractivity contribution in [2.75, 3.05) is 0 Å². The normalized spacial score (nSPS) is 28.3. The van der Waals surface area contributed by atoms with Crippen molar-refractivity contribution in [3.05, 3.63) is 24.2 Å². The molecule has 0 bridgehead atoms. The zero-order valence-corrected chi connectivity index (χ0v) is 11.4. The number of carbonyl (C=O) groups excluding carboxylic acids is 1. The van der Waals surface area contributed by atoms with Crippen LogP contribution in [0.1, 0.15) is 50.6 Å². The van der Waals surface area contributed by atoms with Crippen molar-refractivity contribution >= 4 is 5.97 Å². The number of carbonyl (C=O) groups is 1. The van der Waals surface area contributed by atoms with Gasteiger partial charge in [-0.05, 0) is 42.7 Å². The fourth-order valence-electron chi connectivity index (χ4n) is 2.84. The van der Waals surface area contributed by atoms with Crippen molar-refractivity contribution < 1.29 is 13.9 Å². The van der Waals surface area contributed by atoms with Gasteiger partial charge in [0.05, 0.1) is 6.26 Å². The summed E-state index contributed by atoms with van der Waals surface area (Å²) in [7, 11) is 0. The van der Waals surface area contributed by atoms with E-state index in [9.17, 15) is 4.79 Å². The molecule has 0 amide bonds. The number of esters is 1. The lowest BCUT2D eigenvalue weighted by atomic mass is 9.75. The summed E-state index contributed by atoms with van der Waals surface area (Å²) in [4.78, 5) is 11.9. The molecule has 1 heterocycles. The summed E-state index contributed by atoms with van der Waals surface area (Å²) in [5.41, 5.74) is 0. The number of rotatable bonds is 3. The third-order valence-corrected chi connectivity index (χ3v) is 3.94. The minimum atomic E-state index is -0.329. The van der Waals surface area contributed by atoms with E-state index in [1.165, 1.54) is 12.7 Å². The SMILES string of the molecule is CC(C)[C@@H]1CC[C@H](C)C[C@H]1OC(=O)c1ccco1. The molecule has 1 aromatic heterocycles. The molecule has 100 valence electrons. The number of furan rings is 1. The topological polar surface area (TPSA) is 39.4 Å². The molecule has 3 atom stereocenters. The Kier molecular flexibility index (Phi) is 4.10. The van der Waals surface area contributed by atoms with Crippen LogP contribution in [0.15, 0.2) is 22.8 Å². The molecule has 1 saturated carbocycles. The summed E-state index contributed by atoms with van der Waals surface area (Å²) >= 11 is 0. The predicted octanol–water partition coefficient (Wildman–Crippen LogP) is 3.90. The largest absolute Gasteiger partial charge is 0.457 e. The van der Waals surface area contributed by atoms with Gasteiger partial charge in [0.1, 0.15) is 6.10 Å². The van der Waals surface area contributed by atoms with E-state index in [0.717, 1.165) is 12.8 Å². The van der Waals surface area contributed by atoms with Crippen molar-refractivity contribution in [1.82, 2.24) is 0 Å². The number of ether oxygens (including phenoxy) is 1. The summed E-state index contributed by atoms with van der Waals surface area (Å²) in [6, 6.07) is 3.36. The van der Waals surface area contributed by atoms with E-state index in [-0.39, 0.29) is 12.1 Å². The molecule has 1 aromatic rings. The summed E-state index contributed by atoms with van der Waals surface area (Å²) in [6.45, 7) is 6.63. The van der Waals surface area contributed by atoms with Crippen molar-refractivity contribution in [2.45, 2.75) is 46.1 Å². The molecule has 0 unspecified atom stereocenters. The first-order chi connectivity index (χ1) is 8.58. The van der Waals surface area contributed by atoms with Crippen LogP contribution in [0.2, 0.25) is 0 Å². The maximum Gasteiger partial charge on any atom is 0.374 e. The smallest absolute Gasteiger partial charge is 0.374 e. The Hall–Kier alpha value is -1.25. The molecule has 1 fully saturated rings. The molecule has 3 heteroatoms. The van der Waals surface area contributed by atoms with E-state index < -0.39 is 0 Å². The van der Waals surface area contributed by atoms with E-state index >= 15 is 0 Å². The molecule has 0 N–H and O–H groups in total. The van der Waals surface area contributed by atoms with Crippen LogP contribution in [0.25, 0.3) is 0 Å². The Bertz CT molecular complexity index is 380. The van der Waals surface area contributed by atoms with Crippen molar-refractivity contribution in [1.29, 1.82) is 0 Å². The van der Waals surface area contributed by atoms with Gasteiger partial charge in [-0.1, -0.05) is 27.2 Å². The maximum atomic E-state index is 11.9. The fourth-order valence-corrected chi connectivity index (χ4v) is 2.84. The van der Waals surface area contributed by atoms with Crippen LogP contribution < -0.4 is 0 Å². The third-order valence-electron chi connectivity index (χ3n) is 3.94. The molecular formula is C15H22O3. The lowest BCUT2D eigenvalue weighted by Crippen LogP contribution is -2.35. The first-order valence-electron chi connectivity index (χ1n) is 6.82. The molecule has 1 aliphatic rings. The molecule has 0 aromatic carbocycles. The van der Waals surface area contributed by atoms with E-state index in [2.05, 4.69) is 20.8 Å². The van der Waals surface area contributed by atoms with Gasteiger partial charge < -0.3 is 9.15 Å². The standard InChI is InChI=1S/C15H22O3/c1-10(2)12-7-6-11(3)9-14(12)18-15(16)13-5-4-8-17-13/h4-5,8,10-12,14H,6-7,9H2,1-3H3/t11-,12-,14+/m0/s1.